The number of hydrogen-bond donors (Lipinski definition) is 2. The number of nitrogens with zero attached hydrogens (tertiary/aromatic N) is 1. The van der Waals surface area contributed by atoms with Gasteiger partial charge < -0.3 is 14.8 Å². The van der Waals surface area contributed by atoms with Gasteiger partial charge in [-0.15, -0.1) is 0 Å². The minimum Gasteiger partial charge on any atom is -0.396 e. The van der Waals surface area contributed by atoms with Crippen molar-refractivity contribution < 1.29 is 9.84 Å². The summed E-state index contributed by atoms with van der Waals surface area (Å²) in [4.78, 5) is 18.2. The van der Waals surface area contributed by atoms with Crippen LogP contribution in [0.4, 0.5) is 0 Å². The van der Waals surface area contributed by atoms with Crippen LogP contribution in [0.1, 0.15) is 16.8 Å². The number of fused-ring (bicyclic) bond motifs is 1. The van der Waals surface area contributed by atoms with Gasteiger partial charge in [0.25, 0.3) is 0 Å². The second-order valence-corrected chi connectivity index (χ2v) is 6.47. The van der Waals surface area contributed by atoms with Crippen LogP contribution in [0.15, 0.2) is 23.0 Å². The van der Waals surface area contributed by atoms with Crippen LogP contribution < -0.4 is 5.43 Å². The normalized spacial score (nSPS) is 19.9. The quantitative estimate of drug-likeness (QED) is 0.902. The molecule has 3 rings (SSSR count). The highest BCUT2D eigenvalue weighted by Crippen LogP contribution is 2.18. The molecular formula is C18H24N2O3. The number of aromatic nitrogens is 1. The van der Waals surface area contributed by atoms with Crippen LogP contribution in [-0.4, -0.2) is 47.9 Å². The molecule has 1 saturated heterocycles. The van der Waals surface area contributed by atoms with E-state index in [-0.39, 0.29) is 18.0 Å². The third kappa shape index (κ3) is 3.47. The lowest BCUT2D eigenvalue weighted by atomic mass is 10.0. The molecule has 0 bridgehead atoms. The zero-order valence-electron chi connectivity index (χ0n) is 13.8. The largest absolute Gasteiger partial charge is 0.396 e. The van der Waals surface area contributed by atoms with Crippen molar-refractivity contribution in [2.45, 2.75) is 20.4 Å². The summed E-state index contributed by atoms with van der Waals surface area (Å²) < 4.78 is 5.52. The number of aliphatic hydroxyl groups excluding tert-OH is 1. The van der Waals surface area contributed by atoms with Crippen LogP contribution in [0.3, 0.4) is 0 Å². The summed E-state index contributed by atoms with van der Waals surface area (Å²) in [6, 6.07) is 5.73. The highest BCUT2D eigenvalue weighted by molar-refractivity contribution is 5.84. The molecule has 5 nitrogen and oxygen atoms in total. The van der Waals surface area contributed by atoms with Gasteiger partial charge in [-0.05, 0) is 25.0 Å². The molecule has 124 valence electrons. The van der Waals surface area contributed by atoms with Crippen molar-refractivity contribution in [1.29, 1.82) is 0 Å². The fourth-order valence-electron chi connectivity index (χ4n) is 3.25. The van der Waals surface area contributed by atoms with Gasteiger partial charge in [-0.1, -0.05) is 12.1 Å². The molecule has 1 aliphatic rings. The second-order valence-electron chi connectivity index (χ2n) is 6.47. The van der Waals surface area contributed by atoms with E-state index in [2.05, 4.69) is 9.88 Å². The number of hydrogen-bond acceptors (Lipinski definition) is 4. The summed E-state index contributed by atoms with van der Waals surface area (Å²) in [5.41, 5.74) is 3.99. The molecule has 0 saturated carbocycles. The highest BCUT2D eigenvalue weighted by atomic mass is 16.5. The van der Waals surface area contributed by atoms with E-state index in [4.69, 9.17) is 4.74 Å². The number of benzene rings is 1. The Hall–Kier alpha value is -1.69. The molecule has 2 aromatic rings. The summed E-state index contributed by atoms with van der Waals surface area (Å²) in [6.45, 7) is 7.62. The molecule has 1 aromatic heterocycles. The lowest BCUT2D eigenvalue weighted by Crippen LogP contribution is -2.31. The van der Waals surface area contributed by atoms with Crippen LogP contribution in [0.2, 0.25) is 0 Å². The fourth-order valence-corrected chi connectivity index (χ4v) is 3.25. The molecule has 0 amide bonds. The highest BCUT2D eigenvalue weighted by Gasteiger charge is 2.19. The molecule has 1 fully saturated rings. The van der Waals surface area contributed by atoms with E-state index in [0.717, 1.165) is 40.8 Å². The number of aryl methyl sites for hydroxylation is 2. The van der Waals surface area contributed by atoms with Gasteiger partial charge in [0.1, 0.15) is 0 Å². The number of H-pyrrole nitrogens is 1. The third-order valence-electron chi connectivity index (χ3n) is 4.53. The Labute approximate surface area is 135 Å². The summed E-state index contributed by atoms with van der Waals surface area (Å²) in [5.74, 6) is 0.133. The number of pyridine rings is 1. The van der Waals surface area contributed by atoms with Crippen molar-refractivity contribution in [2.24, 2.45) is 5.92 Å². The van der Waals surface area contributed by atoms with E-state index in [1.807, 2.05) is 26.0 Å². The minimum atomic E-state index is 0.0692. The van der Waals surface area contributed by atoms with Crippen molar-refractivity contribution in [3.63, 3.8) is 0 Å². The molecule has 1 aliphatic heterocycles. The van der Waals surface area contributed by atoms with Gasteiger partial charge in [-0.25, -0.2) is 0 Å². The summed E-state index contributed by atoms with van der Waals surface area (Å²) >= 11 is 0. The molecule has 1 unspecified atom stereocenters. The Kier molecular flexibility index (Phi) is 4.80. The molecule has 2 heterocycles. The van der Waals surface area contributed by atoms with Gasteiger partial charge in [0.2, 0.25) is 0 Å². The van der Waals surface area contributed by atoms with E-state index in [1.54, 1.807) is 6.07 Å². The SMILES string of the molecule is Cc1ccc(C)c2c(=O)cc(CN3CCOCC(CO)C3)[nH]c12. The maximum Gasteiger partial charge on any atom is 0.189 e. The number of aromatic amines is 1. The molecule has 1 atom stereocenters. The van der Waals surface area contributed by atoms with Gasteiger partial charge in [0.05, 0.1) is 18.7 Å². The monoisotopic (exact) mass is 316 g/mol. The molecule has 23 heavy (non-hydrogen) atoms. The van der Waals surface area contributed by atoms with Crippen LogP contribution in [0.25, 0.3) is 10.9 Å². The Morgan fingerprint density at radius 3 is 2.91 bits per heavy atom. The number of ether oxygens (including phenoxy) is 1. The van der Waals surface area contributed by atoms with E-state index >= 15 is 0 Å². The zero-order chi connectivity index (χ0) is 16.4. The Bertz CT molecular complexity index is 754. The van der Waals surface area contributed by atoms with Crippen molar-refractivity contribution in [1.82, 2.24) is 9.88 Å². The predicted molar refractivity (Wildman–Crippen MR) is 90.7 cm³/mol. The van der Waals surface area contributed by atoms with Crippen LogP contribution in [-0.2, 0) is 11.3 Å². The molecule has 2 N–H and O–H groups in total. The van der Waals surface area contributed by atoms with Crippen LogP contribution in [0, 0.1) is 19.8 Å². The smallest absolute Gasteiger partial charge is 0.189 e. The maximum atomic E-state index is 12.5. The molecule has 0 aliphatic carbocycles. The topological polar surface area (TPSA) is 65.6 Å². The third-order valence-corrected chi connectivity index (χ3v) is 4.53. The Morgan fingerprint density at radius 2 is 2.13 bits per heavy atom. The number of rotatable bonds is 3. The Balaban J connectivity index is 1.91. The van der Waals surface area contributed by atoms with E-state index < -0.39 is 0 Å². The van der Waals surface area contributed by atoms with Crippen molar-refractivity contribution in [3.8, 4) is 0 Å². The molecular weight excluding hydrogens is 292 g/mol. The first-order chi connectivity index (χ1) is 11.1. The van der Waals surface area contributed by atoms with Crippen molar-refractivity contribution in [2.75, 3.05) is 32.9 Å². The second kappa shape index (κ2) is 6.83. The van der Waals surface area contributed by atoms with E-state index in [0.29, 0.717) is 19.8 Å². The summed E-state index contributed by atoms with van der Waals surface area (Å²) in [5, 5.41) is 10.2. The fraction of sp³-hybridized carbons (Fsp3) is 0.500. The van der Waals surface area contributed by atoms with Crippen LogP contribution in [0.5, 0.6) is 0 Å². The summed E-state index contributed by atoms with van der Waals surface area (Å²) in [7, 11) is 0. The molecule has 5 heteroatoms. The summed E-state index contributed by atoms with van der Waals surface area (Å²) in [6.07, 6.45) is 0. The first-order valence-electron chi connectivity index (χ1n) is 8.11. The van der Waals surface area contributed by atoms with Gasteiger partial charge in [-0.3, -0.25) is 9.69 Å². The average molecular weight is 316 g/mol. The van der Waals surface area contributed by atoms with Gasteiger partial charge in [-0.2, -0.15) is 0 Å². The Morgan fingerprint density at radius 1 is 1.35 bits per heavy atom. The zero-order valence-corrected chi connectivity index (χ0v) is 13.8. The van der Waals surface area contributed by atoms with E-state index in [1.165, 1.54) is 0 Å². The lowest BCUT2D eigenvalue weighted by molar-refractivity contribution is 0.0958. The minimum absolute atomic E-state index is 0.0692. The molecule has 0 radical (unpaired) electrons. The number of nitrogens with one attached hydrogen (secondary N) is 1. The molecule has 0 spiro atoms. The predicted octanol–water partition coefficient (Wildman–Crippen LogP) is 1.59. The number of aliphatic hydroxyl groups is 1. The van der Waals surface area contributed by atoms with E-state index in [9.17, 15) is 9.90 Å². The molecule has 1 aromatic carbocycles. The average Bonchev–Trinajstić information content (AvgIpc) is 2.76. The lowest BCUT2D eigenvalue weighted by Gasteiger charge is -2.22. The first kappa shape index (κ1) is 16.2. The van der Waals surface area contributed by atoms with Gasteiger partial charge >= 0.3 is 0 Å². The van der Waals surface area contributed by atoms with Gasteiger partial charge in [0, 0.05) is 49.3 Å². The first-order valence-corrected chi connectivity index (χ1v) is 8.11. The maximum absolute atomic E-state index is 12.5. The standard InChI is InChI=1S/C18H24N2O3/c1-12-3-4-13(2)18-17(12)16(22)7-15(19-18)9-20-5-6-23-11-14(8-20)10-21/h3-4,7,14,21H,5-6,8-11H2,1-2H3,(H,19,22). The van der Waals surface area contributed by atoms with Crippen LogP contribution >= 0.6 is 0 Å². The van der Waals surface area contributed by atoms with Gasteiger partial charge in [0.15, 0.2) is 5.43 Å². The van der Waals surface area contributed by atoms with Crippen molar-refractivity contribution >= 4 is 10.9 Å². The van der Waals surface area contributed by atoms with Crippen molar-refractivity contribution in [3.05, 3.63) is 45.2 Å².